The number of sulfonamides is 1. The second-order valence-corrected chi connectivity index (χ2v) is 12.8. The first-order chi connectivity index (χ1) is 16.4. The van der Waals surface area contributed by atoms with E-state index in [0.717, 1.165) is 58.0 Å². The van der Waals surface area contributed by atoms with Gasteiger partial charge in [0.05, 0.1) is 9.82 Å². The molecule has 0 unspecified atom stereocenters. The van der Waals surface area contributed by atoms with Crippen LogP contribution >= 0.6 is 0 Å². The Balaban J connectivity index is 1.40. The van der Waals surface area contributed by atoms with Gasteiger partial charge in [-0.2, -0.15) is 4.31 Å². The SMILES string of the molecule is Cc1ccc(S(=O)(=O)N2CCC(CCCC3CCN(C(=O)OC(C)(C)C)CC3)CC2)cc1[N+](=O)[O-]. The first kappa shape index (κ1) is 27.4. The van der Waals surface area contributed by atoms with Crippen LogP contribution in [0.15, 0.2) is 23.1 Å². The number of rotatable bonds is 7. The van der Waals surface area contributed by atoms with Crippen LogP contribution in [-0.2, 0) is 14.8 Å². The lowest BCUT2D eigenvalue weighted by Crippen LogP contribution is -2.41. The fourth-order valence-corrected chi connectivity index (χ4v) is 6.45. The lowest BCUT2D eigenvalue weighted by atomic mass is 9.87. The highest BCUT2D eigenvalue weighted by atomic mass is 32.2. The minimum absolute atomic E-state index is 0.00836. The predicted octanol–water partition coefficient (Wildman–Crippen LogP) is 5.12. The van der Waals surface area contributed by atoms with Gasteiger partial charge in [-0.1, -0.05) is 25.3 Å². The second kappa shape index (κ2) is 11.2. The molecule has 1 aromatic rings. The van der Waals surface area contributed by atoms with Crippen molar-refractivity contribution in [2.24, 2.45) is 11.8 Å². The van der Waals surface area contributed by atoms with Gasteiger partial charge in [0.15, 0.2) is 0 Å². The lowest BCUT2D eigenvalue weighted by molar-refractivity contribution is -0.385. The summed E-state index contributed by atoms with van der Waals surface area (Å²) in [7, 11) is -3.73. The molecule has 2 saturated heterocycles. The minimum Gasteiger partial charge on any atom is -0.444 e. The molecular weight excluding hydrogens is 470 g/mol. The van der Waals surface area contributed by atoms with E-state index in [1.807, 2.05) is 20.8 Å². The highest BCUT2D eigenvalue weighted by Gasteiger charge is 2.31. The van der Waals surface area contributed by atoms with E-state index in [-0.39, 0.29) is 16.7 Å². The van der Waals surface area contributed by atoms with Crippen LogP contribution in [0.4, 0.5) is 10.5 Å². The van der Waals surface area contributed by atoms with Crippen molar-refractivity contribution >= 4 is 21.8 Å². The summed E-state index contributed by atoms with van der Waals surface area (Å²) >= 11 is 0. The van der Waals surface area contributed by atoms with Gasteiger partial charge >= 0.3 is 6.09 Å². The Morgan fingerprint density at radius 3 is 2.11 bits per heavy atom. The quantitative estimate of drug-likeness (QED) is 0.373. The Morgan fingerprint density at radius 2 is 1.60 bits per heavy atom. The number of likely N-dealkylation sites (tertiary alicyclic amines) is 1. The number of amides is 1. The van der Waals surface area contributed by atoms with Crippen LogP contribution in [0.1, 0.15) is 71.3 Å². The van der Waals surface area contributed by atoms with E-state index in [2.05, 4.69) is 0 Å². The van der Waals surface area contributed by atoms with E-state index in [1.165, 1.54) is 22.5 Å². The maximum absolute atomic E-state index is 13.0. The van der Waals surface area contributed by atoms with Gasteiger partial charge in [-0.3, -0.25) is 10.1 Å². The van der Waals surface area contributed by atoms with Crippen LogP contribution in [0.3, 0.4) is 0 Å². The van der Waals surface area contributed by atoms with Gasteiger partial charge in [-0.25, -0.2) is 13.2 Å². The van der Waals surface area contributed by atoms with Crippen molar-refractivity contribution in [2.75, 3.05) is 26.2 Å². The Hall–Kier alpha value is -2.20. The molecule has 1 aromatic carbocycles. The highest BCUT2D eigenvalue weighted by Crippen LogP contribution is 2.31. The van der Waals surface area contributed by atoms with Gasteiger partial charge < -0.3 is 9.64 Å². The molecule has 0 N–H and O–H groups in total. The standard InChI is InChI=1S/C25H39N3O6S/c1-19-8-9-22(18-23(19)28(30)31)35(32,33)27-16-12-21(13-17-27)7-5-6-20-10-14-26(15-11-20)24(29)34-25(2,3)4/h8-9,18,20-21H,5-7,10-17H2,1-4H3. The molecule has 0 spiro atoms. The highest BCUT2D eigenvalue weighted by molar-refractivity contribution is 7.89. The molecule has 0 aliphatic carbocycles. The summed E-state index contributed by atoms with van der Waals surface area (Å²) in [6.07, 6.45) is 6.71. The minimum atomic E-state index is -3.73. The summed E-state index contributed by atoms with van der Waals surface area (Å²) in [5.74, 6) is 1.11. The molecule has 0 aromatic heterocycles. The van der Waals surface area contributed by atoms with Crippen molar-refractivity contribution in [3.8, 4) is 0 Å². The number of nitro benzene ring substituents is 1. The molecule has 196 valence electrons. The summed E-state index contributed by atoms with van der Waals surface area (Å²) in [5.41, 5.74) is -0.193. The molecule has 0 atom stereocenters. The zero-order valence-electron chi connectivity index (χ0n) is 21.4. The summed E-state index contributed by atoms with van der Waals surface area (Å²) in [6, 6.07) is 4.12. The van der Waals surface area contributed by atoms with Crippen molar-refractivity contribution in [1.29, 1.82) is 0 Å². The average molecular weight is 510 g/mol. The van der Waals surface area contributed by atoms with Crippen molar-refractivity contribution in [1.82, 2.24) is 9.21 Å². The Labute approximate surface area is 209 Å². The number of nitrogens with zero attached hydrogens (tertiary/aromatic N) is 3. The predicted molar refractivity (Wildman–Crippen MR) is 134 cm³/mol. The van der Waals surface area contributed by atoms with Crippen molar-refractivity contribution in [3.05, 3.63) is 33.9 Å². The zero-order chi connectivity index (χ0) is 25.8. The van der Waals surface area contributed by atoms with E-state index in [4.69, 9.17) is 4.74 Å². The molecule has 9 nitrogen and oxygen atoms in total. The lowest BCUT2D eigenvalue weighted by Gasteiger charge is -2.34. The molecule has 0 saturated carbocycles. The van der Waals surface area contributed by atoms with Gasteiger partial charge in [0.2, 0.25) is 10.0 Å². The fourth-order valence-electron chi connectivity index (χ4n) is 4.96. The van der Waals surface area contributed by atoms with Crippen LogP contribution in [0.5, 0.6) is 0 Å². The van der Waals surface area contributed by atoms with Crippen LogP contribution in [0, 0.1) is 28.9 Å². The molecule has 2 heterocycles. The summed E-state index contributed by atoms with van der Waals surface area (Å²) in [4.78, 5) is 24.7. The number of ether oxygens (including phenoxy) is 1. The number of carbonyl (C=O) groups is 1. The molecule has 3 rings (SSSR count). The van der Waals surface area contributed by atoms with E-state index in [1.54, 1.807) is 11.8 Å². The van der Waals surface area contributed by atoms with Crippen molar-refractivity contribution < 1.29 is 22.9 Å². The third-order valence-corrected chi connectivity index (χ3v) is 8.97. The molecule has 10 heteroatoms. The number of carbonyl (C=O) groups excluding carboxylic acids is 1. The van der Waals surface area contributed by atoms with Crippen LogP contribution < -0.4 is 0 Å². The van der Waals surface area contributed by atoms with Gasteiger partial charge in [-0.05, 0) is 71.3 Å². The molecule has 35 heavy (non-hydrogen) atoms. The average Bonchev–Trinajstić information content (AvgIpc) is 2.78. The van der Waals surface area contributed by atoms with Crippen LogP contribution in [0.2, 0.25) is 0 Å². The monoisotopic (exact) mass is 509 g/mol. The zero-order valence-corrected chi connectivity index (χ0v) is 22.2. The molecule has 0 bridgehead atoms. The fraction of sp³-hybridized carbons (Fsp3) is 0.720. The molecule has 2 aliphatic rings. The normalized spacial score (nSPS) is 19.0. The van der Waals surface area contributed by atoms with Gasteiger partial charge in [0.25, 0.3) is 5.69 Å². The number of benzene rings is 1. The molecular formula is C25H39N3O6S. The first-order valence-corrected chi connectivity index (χ1v) is 14.0. The van der Waals surface area contributed by atoms with Crippen molar-refractivity contribution in [3.63, 3.8) is 0 Å². The molecule has 2 aliphatic heterocycles. The summed E-state index contributed by atoms with van der Waals surface area (Å²) in [5, 5.41) is 11.2. The molecule has 2 fully saturated rings. The topological polar surface area (TPSA) is 110 Å². The van der Waals surface area contributed by atoms with E-state index in [0.29, 0.717) is 30.5 Å². The van der Waals surface area contributed by atoms with E-state index >= 15 is 0 Å². The number of piperidine rings is 2. The van der Waals surface area contributed by atoms with E-state index < -0.39 is 20.5 Å². The smallest absolute Gasteiger partial charge is 0.410 e. The second-order valence-electron chi connectivity index (χ2n) is 10.9. The summed E-state index contributed by atoms with van der Waals surface area (Å²) < 4.78 is 33.0. The van der Waals surface area contributed by atoms with Gasteiger partial charge in [0, 0.05) is 37.8 Å². The number of nitro groups is 1. The Kier molecular flexibility index (Phi) is 8.80. The summed E-state index contributed by atoms with van der Waals surface area (Å²) in [6.45, 7) is 9.63. The maximum atomic E-state index is 13.0. The number of aryl methyl sites for hydroxylation is 1. The van der Waals surface area contributed by atoms with Gasteiger partial charge in [0.1, 0.15) is 5.60 Å². The van der Waals surface area contributed by atoms with E-state index in [9.17, 15) is 23.3 Å². The first-order valence-electron chi connectivity index (χ1n) is 12.6. The Morgan fingerprint density at radius 1 is 1.06 bits per heavy atom. The largest absolute Gasteiger partial charge is 0.444 e. The maximum Gasteiger partial charge on any atom is 0.410 e. The number of hydrogen-bond acceptors (Lipinski definition) is 6. The van der Waals surface area contributed by atoms with Crippen molar-refractivity contribution in [2.45, 2.75) is 83.1 Å². The Bertz CT molecular complexity index is 1000. The molecule has 0 radical (unpaired) electrons. The van der Waals surface area contributed by atoms with Crippen LogP contribution in [0.25, 0.3) is 0 Å². The van der Waals surface area contributed by atoms with Crippen LogP contribution in [-0.4, -0.2) is 60.4 Å². The third-order valence-electron chi connectivity index (χ3n) is 7.08. The number of hydrogen-bond donors (Lipinski definition) is 0. The van der Waals surface area contributed by atoms with Gasteiger partial charge in [-0.15, -0.1) is 0 Å². The molecule has 1 amide bonds. The third kappa shape index (κ3) is 7.39.